The molecule has 0 spiro atoms. The van der Waals surface area contributed by atoms with Gasteiger partial charge in [0.1, 0.15) is 12.4 Å². The van der Waals surface area contributed by atoms with Crippen LogP contribution in [0.1, 0.15) is 16.7 Å². The molecular weight excluding hydrogens is 490 g/mol. The summed E-state index contributed by atoms with van der Waals surface area (Å²) in [5, 5.41) is 10.1. The summed E-state index contributed by atoms with van der Waals surface area (Å²) in [5.41, 5.74) is 3.15. The third-order valence-corrected chi connectivity index (χ3v) is 5.35. The summed E-state index contributed by atoms with van der Waals surface area (Å²) in [5.74, 6) is 0.715. The first-order chi connectivity index (χ1) is 13.1. The minimum absolute atomic E-state index is 0.469. The van der Waals surface area contributed by atoms with Crippen LogP contribution in [0, 0.1) is 11.3 Å². The number of benzene rings is 3. The van der Waals surface area contributed by atoms with Crippen molar-refractivity contribution in [2.45, 2.75) is 6.61 Å². The first-order valence-electron chi connectivity index (χ1n) is 8.11. The average Bonchev–Trinajstić information content (AvgIpc) is 2.67. The van der Waals surface area contributed by atoms with Crippen LogP contribution in [0.2, 0.25) is 5.02 Å². The van der Waals surface area contributed by atoms with Crippen molar-refractivity contribution in [3.05, 3.63) is 97.4 Å². The lowest BCUT2D eigenvalue weighted by molar-refractivity contribution is 0.302. The Balaban J connectivity index is 1.88. The lowest BCUT2D eigenvalue weighted by atomic mass is 10.0. The number of hydrogen-bond donors (Lipinski definition) is 0. The minimum atomic E-state index is 0.469. The molecule has 0 aliphatic heterocycles. The highest BCUT2D eigenvalue weighted by atomic mass is 79.9. The second kappa shape index (κ2) is 9.23. The van der Waals surface area contributed by atoms with Gasteiger partial charge >= 0.3 is 0 Å². The van der Waals surface area contributed by atoms with Gasteiger partial charge in [-0.25, -0.2) is 0 Å². The van der Waals surface area contributed by atoms with Crippen LogP contribution in [-0.2, 0) is 6.61 Å². The van der Waals surface area contributed by atoms with Gasteiger partial charge in [-0.15, -0.1) is 0 Å². The Morgan fingerprint density at radius 2 is 1.63 bits per heavy atom. The summed E-state index contributed by atoms with van der Waals surface area (Å²) in [6.07, 6.45) is 1.80. The quantitative estimate of drug-likeness (QED) is 0.267. The van der Waals surface area contributed by atoms with Crippen LogP contribution in [0.5, 0.6) is 5.75 Å². The van der Waals surface area contributed by atoms with E-state index in [1.807, 2.05) is 60.7 Å². The van der Waals surface area contributed by atoms with Crippen molar-refractivity contribution in [3.8, 4) is 11.8 Å². The van der Waals surface area contributed by atoms with Crippen LogP contribution < -0.4 is 4.74 Å². The van der Waals surface area contributed by atoms with Crippen molar-refractivity contribution in [2.75, 3.05) is 0 Å². The van der Waals surface area contributed by atoms with E-state index in [0.29, 0.717) is 28.5 Å². The van der Waals surface area contributed by atoms with Crippen molar-refractivity contribution < 1.29 is 4.74 Å². The molecule has 0 atom stereocenters. The van der Waals surface area contributed by atoms with Crippen molar-refractivity contribution >= 4 is 55.1 Å². The molecule has 3 rings (SSSR count). The predicted octanol–water partition coefficient (Wildman–Crippen LogP) is 7.51. The molecule has 3 aromatic rings. The summed E-state index contributed by atoms with van der Waals surface area (Å²) >= 11 is 13.3. The van der Waals surface area contributed by atoms with E-state index in [1.54, 1.807) is 12.1 Å². The molecule has 0 aliphatic rings. The summed E-state index contributed by atoms with van der Waals surface area (Å²) < 4.78 is 7.55. The van der Waals surface area contributed by atoms with E-state index in [-0.39, 0.29) is 0 Å². The summed E-state index contributed by atoms with van der Waals surface area (Å²) in [7, 11) is 0. The molecule has 2 nitrogen and oxygen atoms in total. The zero-order chi connectivity index (χ0) is 19.2. The number of ether oxygens (including phenoxy) is 1. The predicted molar refractivity (Wildman–Crippen MR) is 118 cm³/mol. The van der Waals surface area contributed by atoms with Crippen molar-refractivity contribution in [1.29, 1.82) is 5.26 Å². The number of rotatable bonds is 5. The standard InChI is InChI=1S/C22H14Br2ClNO/c23-19-11-16(10-17(13-26)18-8-4-5-9-21(18)25)12-20(24)22(19)27-14-15-6-2-1-3-7-15/h1-12H,14H2. The van der Waals surface area contributed by atoms with E-state index >= 15 is 0 Å². The van der Waals surface area contributed by atoms with Crippen molar-refractivity contribution in [1.82, 2.24) is 0 Å². The molecule has 0 radical (unpaired) electrons. The maximum absolute atomic E-state index is 9.54. The Bertz CT molecular complexity index is 1000. The Labute approximate surface area is 180 Å². The second-order valence-corrected chi connectivity index (χ2v) is 7.85. The van der Waals surface area contributed by atoms with Gasteiger partial charge in [0.15, 0.2) is 0 Å². The molecule has 0 saturated heterocycles. The fraction of sp³-hybridized carbons (Fsp3) is 0.0455. The van der Waals surface area contributed by atoms with E-state index in [1.165, 1.54) is 0 Å². The molecule has 0 aliphatic carbocycles. The summed E-state index contributed by atoms with van der Waals surface area (Å²) in [4.78, 5) is 0. The number of halogens is 3. The first-order valence-corrected chi connectivity index (χ1v) is 10.1. The van der Waals surface area contributed by atoms with Gasteiger partial charge in [0.2, 0.25) is 0 Å². The molecule has 0 unspecified atom stereocenters. The molecule has 0 heterocycles. The molecule has 27 heavy (non-hydrogen) atoms. The van der Waals surface area contributed by atoms with Gasteiger partial charge in [0.25, 0.3) is 0 Å². The molecule has 0 N–H and O–H groups in total. The van der Waals surface area contributed by atoms with Gasteiger partial charge in [0, 0.05) is 10.6 Å². The minimum Gasteiger partial charge on any atom is -0.487 e. The van der Waals surface area contributed by atoms with Crippen LogP contribution in [0.3, 0.4) is 0 Å². The topological polar surface area (TPSA) is 33.0 Å². The van der Waals surface area contributed by atoms with E-state index in [0.717, 1.165) is 20.1 Å². The largest absolute Gasteiger partial charge is 0.487 e. The Kier molecular flexibility index (Phi) is 6.73. The fourth-order valence-corrected chi connectivity index (χ4v) is 4.24. The maximum Gasteiger partial charge on any atom is 0.148 e. The van der Waals surface area contributed by atoms with Crippen LogP contribution in [0.15, 0.2) is 75.7 Å². The average molecular weight is 504 g/mol. The summed E-state index contributed by atoms with van der Waals surface area (Å²) in [6, 6.07) is 23.3. The molecular formula is C22H14Br2ClNO. The molecule has 3 aromatic carbocycles. The second-order valence-electron chi connectivity index (χ2n) is 5.74. The lowest BCUT2D eigenvalue weighted by Crippen LogP contribution is -1.97. The van der Waals surface area contributed by atoms with E-state index in [9.17, 15) is 5.26 Å². The Morgan fingerprint density at radius 1 is 1.00 bits per heavy atom. The Morgan fingerprint density at radius 3 is 2.26 bits per heavy atom. The highest BCUT2D eigenvalue weighted by Crippen LogP contribution is 2.36. The van der Waals surface area contributed by atoms with Gasteiger partial charge in [0.05, 0.1) is 20.6 Å². The zero-order valence-electron chi connectivity index (χ0n) is 14.1. The molecule has 0 fully saturated rings. The smallest absolute Gasteiger partial charge is 0.148 e. The highest BCUT2D eigenvalue weighted by molar-refractivity contribution is 9.11. The monoisotopic (exact) mass is 501 g/mol. The fourth-order valence-electron chi connectivity index (χ4n) is 2.55. The zero-order valence-corrected chi connectivity index (χ0v) is 18.1. The summed E-state index contributed by atoms with van der Waals surface area (Å²) in [6.45, 7) is 0.469. The van der Waals surface area contributed by atoms with Gasteiger partial charge in [-0.3, -0.25) is 0 Å². The van der Waals surface area contributed by atoms with E-state index < -0.39 is 0 Å². The van der Waals surface area contributed by atoms with E-state index in [2.05, 4.69) is 37.9 Å². The molecule has 5 heteroatoms. The highest BCUT2D eigenvalue weighted by Gasteiger charge is 2.11. The molecule has 134 valence electrons. The normalized spacial score (nSPS) is 11.1. The van der Waals surface area contributed by atoms with Gasteiger partial charge in [-0.05, 0) is 67.3 Å². The molecule has 0 aromatic heterocycles. The van der Waals surface area contributed by atoms with Crippen molar-refractivity contribution in [2.24, 2.45) is 0 Å². The molecule has 0 saturated carbocycles. The van der Waals surface area contributed by atoms with Crippen LogP contribution in [0.25, 0.3) is 11.6 Å². The van der Waals surface area contributed by atoms with Crippen LogP contribution >= 0.6 is 43.5 Å². The number of hydrogen-bond acceptors (Lipinski definition) is 2. The van der Waals surface area contributed by atoms with Gasteiger partial charge < -0.3 is 4.74 Å². The van der Waals surface area contributed by atoms with Gasteiger partial charge in [-0.1, -0.05) is 60.1 Å². The van der Waals surface area contributed by atoms with Crippen LogP contribution in [0.4, 0.5) is 0 Å². The molecule has 0 amide bonds. The van der Waals surface area contributed by atoms with Gasteiger partial charge in [-0.2, -0.15) is 5.26 Å². The first kappa shape index (κ1) is 19.7. The maximum atomic E-state index is 9.54. The Hall–Kier alpha value is -2.06. The number of allylic oxidation sites excluding steroid dienone is 1. The van der Waals surface area contributed by atoms with Crippen LogP contribution in [-0.4, -0.2) is 0 Å². The SMILES string of the molecule is N#CC(=Cc1cc(Br)c(OCc2ccccc2)c(Br)c1)c1ccccc1Cl. The lowest BCUT2D eigenvalue weighted by Gasteiger charge is -2.12. The third-order valence-electron chi connectivity index (χ3n) is 3.84. The molecule has 0 bridgehead atoms. The van der Waals surface area contributed by atoms with E-state index in [4.69, 9.17) is 16.3 Å². The number of nitriles is 1. The third kappa shape index (κ3) is 5.01. The number of nitrogens with zero attached hydrogens (tertiary/aromatic N) is 1. The van der Waals surface area contributed by atoms with Crippen molar-refractivity contribution in [3.63, 3.8) is 0 Å².